The lowest BCUT2D eigenvalue weighted by molar-refractivity contribution is -0.122. The van der Waals surface area contributed by atoms with E-state index in [-0.39, 0.29) is 18.5 Å². The van der Waals surface area contributed by atoms with Crippen LogP contribution in [0, 0.1) is 0 Å². The lowest BCUT2D eigenvalue weighted by Crippen LogP contribution is -2.31. The number of likely N-dealkylation sites (tertiary alicyclic amines) is 1. The molecule has 0 bridgehead atoms. The number of ether oxygens (including phenoxy) is 1. The number of nitrogens with one attached hydrogen (secondary N) is 1. The molecule has 3 aromatic rings. The molecule has 1 atom stereocenters. The zero-order chi connectivity index (χ0) is 20.2. The SMILES string of the molecule is COc1ccc2cc([C@H](C)NC(=O)Cn3nnnc3CN3CCCC3)ccc2c1. The van der Waals surface area contributed by atoms with Crippen molar-refractivity contribution in [3.8, 4) is 5.75 Å². The summed E-state index contributed by atoms with van der Waals surface area (Å²) < 4.78 is 6.87. The Bertz CT molecular complexity index is 996. The number of hydrogen-bond acceptors (Lipinski definition) is 6. The second-order valence-corrected chi connectivity index (χ2v) is 7.50. The van der Waals surface area contributed by atoms with Crippen LogP contribution in [0.4, 0.5) is 0 Å². The van der Waals surface area contributed by atoms with Crippen LogP contribution in [0.1, 0.15) is 37.2 Å². The first-order valence-electron chi connectivity index (χ1n) is 9.97. The summed E-state index contributed by atoms with van der Waals surface area (Å²) in [5, 5.41) is 17.1. The van der Waals surface area contributed by atoms with Gasteiger partial charge in [0.2, 0.25) is 5.91 Å². The summed E-state index contributed by atoms with van der Waals surface area (Å²) in [5.41, 5.74) is 1.05. The molecule has 2 heterocycles. The van der Waals surface area contributed by atoms with E-state index in [4.69, 9.17) is 4.74 Å². The smallest absolute Gasteiger partial charge is 0.242 e. The second-order valence-electron chi connectivity index (χ2n) is 7.50. The van der Waals surface area contributed by atoms with E-state index >= 15 is 0 Å². The maximum Gasteiger partial charge on any atom is 0.242 e. The minimum Gasteiger partial charge on any atom is -0.497 e. The molecule has 1 aromatic heterocycles. The van der Waals surface area contributed by atoms with Gasteiger partial charge >= 0.3 is 0 Å². The van der Waals surface area contributed by atoms with Crippen LogP contribution < -0.4 is 10.1 Å². The van der Waals surface area contributed by atoms with Crippen LogP contribution in [-0.4, -0.2) is 51.2 Å². The van der Waals surface area contributed by atoms with Crippen molar-refractivity contribution in [3.05, 3.63) is 47.8 Å². The summed E-state index contributed by atoms with van der Waals surface area (Å²) in [7, 11) is 1.66. The van der Waals surface area contributed by atoms with Gasteiger partial charge in [-0.25, -0.2) is 4.68 Å². The molecule has 1 aliphatic heterocycles. The van der Waals surface area contributed by atoms with Gasteiger partial charge in [-0.05, 0) is 77.8 Å². The highest BCUT2D eigenvalue weighted by Gasteiger charge is 2.18. The Balaban J connectivity index is 1.39. The van der Waals surface area contributed by atoms with E-state index in [0.29, 0.717) is 6.54 Å². The van der Waals surface area contributed by atoms with E-state index in [2.05, 4.69) is 31.8 Å². The second kappa shape index (κ2) is 8.57. The number of carbonyl (C=O) groups excluding carboxylic acids is 1. The monoisotopic (exact) mass is 394 g/mol. The van der Waals surface area contributed by atoms with Crippen molar-refractivity contribution in [2.45, 2.75) is 38.9 Å². The van der Waals surface area contributed by atoms with Crippen LogP contribution in [0.15, 0.2) is 36.4 Å². The third kappa shape index (κ3) is 4.54. The fourth-order valence-corrected chi connectivity index (χ4v) is 3.75. The van der Waals surface area contributed by atoms with Crippen molar-refractivity contribution >= 4 is 16.7 Å². The van der Waals surface area contributed by atoms with Gasteiger partial charge in [0.25, 0.3) is 0 Å². The van der Waals surface area contributed by atoms with Crippen LogP contribution in [0.5, 0.6) is 5.75 Å². The Morgan fingerprint density at radius 3 is 2.72 bits per heavy atom. The van der Waals surface area contributed by atoms with Gasteiger partial charge < -0.3 is 10.1 Å². The van der Waals surface area contributed by atoms with Gasteiger partial charge in [-0.2, -0.15) is 0 Å². The molecule has 1 N–H and O–H groups in total. The molecule has 1 aliphatic rings. The summed E-state index contributed by atoms with van der Waals surface area (Å²) in [6.07, 6.45) is 2.41. The Hall–Kier alpha value is -3.00. The Kier molecular flexibility index (Phi) is 5.71. The third-order valence-corrected chi connectivity index (χ3v) is 5.41. The van der Waals surface area contributed by atoms with Gasteiger partial charge in [0.05, 0.1) is 19.7 Å². The number of nitrogens with zero attached hydrogens (tertiary/aromatic N) is 5. The minimum absolute atomic E-state index is 0.109. The average molecular weight is 394 g/mol. The first-order valence-corrected chi connectivity index (χ1v) is 9.97. The molecule has 2 aromatic carbocycles. The first-order chi connectivity index (χ1) is 14.1. The largest absolute Gasteiger partial charge is 0.497 e. The molecule has 152 valence electrons. The first kappa shape index (κ1) is 19.3. The average Bonchev–Trinajstić information content (AvgIpc) is 3.40. The number of carbonyl (C=O) groups is 1. The lowest BCUT2D eigenvalue weighted by Gasteiger charge is -2.16. The fourth-order valence-electron chi connectivity index (χ4n) is 3.75. The molecule has 8 nitrogen and oxygen atoms in total. The Morgan fingerprint density at radius 2 is 1.93 bits per heavy atom. The number of aromatic nitrogens is 4. The van der Waals surface area contributed by atoms with Crippen LogP contribution in [0.3, 0.4) is 0 Å². The van der Waals surface area contributed by atoms with Crippen molar-refractivity contribution in [2.75, 3.05) is 20.2 Å². The summed E-state index contributed by atoms with van der Waals surface area (Å²) in [4.78, 5) is 14.9. The number of methoxy groups -OCH3 is 1. The van der Waals surface area contributed by atoms with Crippen LogP contribution in [0.2, 0.25) is 0 Å². The molecule has 0 aliphatic carbocycles. The van der Waals surface area contributed by atoms with E-state index in [0.717, 1.165) is 41.0 Å². The number of benzene rings is 2. The number of rotatable bonds is 7. The number of hydrogen-bond donors (Lipinski definition) is 1. The highest BCUT2D eigenvalue weighted by atomic mass is 16.5. The minimum atomic E-state index is -0.118. The van der Waals surface area contributed by atoms with E-state index in [1.807, 2.05) is 37.3 Å². The van der Waals surface area contributed by atoms with Gasteiger partial charge in [0, 0.05) is 0 Å². The number of tetrazole rings is 1. The maximum atomic E-state index is 12.6. The van der Waals surface area contributed by atoms with Crippen molar-refractivity contribution in [1.82, 2.24) is 30.4 Å². The van der Waals surface area contributed by atoms with E-state index in [1.54, 1.807) is 11.8 Å². The summed E-state index contributed by atoms with van der Waals surface area (Å²) >= 11 is 0. The van der Waals surface area contributed by atoms with Gasteiger partial charge in [0.1, 0.15) is 12.3 Å². The van der Waals surface area contributed by atoms with Crippen molar-refractivity contribution in [2.24, 2.45) is 0 Å². The van der Waals surface area contributed by atoms with Gasteiger partial charge in [-0.15, -0.1) is 5.10 Å². The van der Waals surface area contributed by atoms with Crippen molar-refractivity contribution in [3.63, 3.8) is 0 Å². The molecular weight excluding hydrogens is 368 g/mol. The molecule has 1 fully saturated rings. The lowest BCUT2D eigenvalue weighted by atomic mass is 10.0. The Labute approximate surface area is 169 Å². The van der Waals surface area contributed by atoms with E-state index < -0.39 is 0 Å². The fraction of sp³-hybridized carbons (Fsp3) is 0.429. The molecule has 8 heteroatoms. The van der Waals surface area contributed by atoms with Gasteiger partial charge in [-0.1, -0.05) is 18.2 Å². The third-order valence-electron chi connectivity index (χ3n) is 5.41. The molecule has 29 heavy (non-hydrogen) atoms. The van der Waals surface area contributed by atoms with E-state index in [9.17, 15) is 4.79 Å². The molecule has 4 rings (SSSR count). The number of fused-ring (bicyclic) bond motifs is 1. The van der Waals surface area contributed by atoms with Gasteiger partial charge in [0.15, 0.2) is 5.82 Å². The van der Waals surface area contributed by atoms with Gasteiger partial charge in [-0.3, -0.25) is 9.69 Å². The quantitative estimate of drug-likeness (QED) is 0.662. The van der Waals surface area contributed by atoms with Crippen LogP contribution in [0.25, 0.3) is 10.8 Å². The Morgan fingerprint density at radius 1 is 1.17 bits per heavy atom. The zero-order valence-corrected chi connectivity index (χ0v) is 16.8. The summed E-state index contributed by atoms with van der Waals surface area (Å²) in [5.74, 6) is 1.45. The van der Waals surface area contributed by atoms with Crippen molar-refractivity contribution in [1.29, 1.82) is 0 Å². The van der Waals surface area contributed by atoms with Crippen LogP contribution in [-0.2, 0) is 17.9 Å². The van der Waals surface area contributed by atoms with Crippen molar-refractivity contribution < 1.29 is 9.53 Å². The number of amides is 1. The summed E-state index contributed by atoms with van der Waals surface area (Å²) in [6.45, 7) is 4.90. The summed E-state index contributed by atoms with van der Waals surface area (Å²) in [6, 6.07) is 12.0. The molecule has 1 saturated heterocycles. The molecule has 1 amide bonds. The topological polar surface area (TPSA) is 85.2 Å². The van der Waals surface area contributed by atoms with Crippen LogP contribution >= 0.6 is 0 Å². The molecular formula is C21H26N6O2. The highest BCUT2D eigenvalue weighted by molar-refractivity contribution is 5.85. The molecule has 0 spiro atoms. The molecule has 0 unspecified atom stereocenters. The zero-order valence-electron chi connectivity index (χ0n) is 16.8. The highest BCUT2D eigenvalue weighted by Crippen LogP contribution is 2.24. The van der Waals surface area contributed by atoms with E-state index in [1.165, 1.54) is 12.8 Å². The predicted octanol–water partition coefficient (Wildman–Crippen LogP) is 2.31. The molecule has 0 saturated carbocycles. The molecule has 0 radical (unpaired) electrons. The predicted molar refractivity (Wildman–Crippen MR) is 109 cm³/mol. The standard InChI is InChI=1S/C21H26N6O2/c1-15(16-5-6-18-12-19(29-2)8-7-17(18)11-16)22-21(28)14-27-20(23-24-25-27)13-26-9-3-4-10-26/h5-8,11-12,15H,3-4,9-10,13-14H2,1-2H3,(H,22,28)/t15-/m0/s1. The normalized spacial score (nSPS) is 15.5. The maximum absolute atomic E-state index is 12.6.